The third-order valence-corrected chi connectivity index (χ3v) is 4.10. The van der Waals surface area contributed by atoms with Gasteiger partial charge in [-0.05, 0) is 37.6 Å². The molecule has 2 N–H and O–H groups in total. The molecule has 0 saturated heterocycles. The second-order valence-corrected chi connectivity index (χ2v) is 6.30. The number of carbonyl (C=O) groups excluding carboxylic acids is 2. The quantitative estimate of drug-likeness (QED) is 0.799. The first kappa shape index (κ1) is 17.0. The number of nitrogens with one attached hydrogen (secondary N) is 2. The summed E-state index contributed by atoms with van der Waals surface area (Å²) >= 11 is 1.24. The number of ether oxygens (including phenoxy) is 1. The van der Waals surface area contributed by atoms with Gasteiger partial charge < -0.3 is 15.4 Å². The molecular weight excluding hydrogens is 312 g/mol. The minimum atomic E-state index is -0.171. The smallest absolute Gasteiger partial charge is 0.261 e. The molecule has 1 aromatic heterocycles. The molecule has 0 spiro atoms. The normalized spacial score (nSPS) is 10.2. The zero-order valence-electron chi connectivity index (χ0n) is 13.4. The number of thiophene rings is 1. The van der Waals surface area contributed by atoms with E-state index >= 15 is 0 Å². The summed E-state index contributed by atoms with van der Waals surface area (Å²) in [5.74, 6) is 0.505. The largest absolute Gasteiger partial charge is 0.491 e. The van der Waals surface area contributed by atoms with Crippen LogP contribution in [0.15, 0.2) is 30.3 Å². The van der Waals surface area contributed by atoms with Crippen LogP contribution in [0.2, 0.25) is 0 Å². The van der Waals surface area contributed by atoms with E-state index in [1.807, 2.05) is 26.0 Å². The van der Waals surface area contributed by atoms with Gasteiger partial charge in [-0.2, -0.15) is 0 Å². The van der Waals surface area contributed by atoms with Crippen LogP contribution in [-0.4, -0.2) is 25.0 Å². The van der Waals surface area contributed by atoms with Gasteiger partial charge in [0.25, 0.3) is 5.91 Å². The number of aryl methyl sites for hydroxylation is 2. The van der Waals surface area contributed by atoms with E-state index < -0.39 is 0 Å². The molecule has 0 unspecified atom stereocenters. The van der Waals surface area contributed by atoms with Crippen molar-refractivity contribution >= 4 is 28.2 Å². The molecule has 5 nitrogen and oxygen atoms in total. The van der Waals surface area contributed by atoms with Crippen LogP contribution in [0, 0.1) is 13.8 Å². The number of anilines is 1. The summed E-state index contributed by atoms with van der Waals surface area (Å²) < 4.78 is 5.67. The molecule has 2 amide bonds. The highest BCUT2D eigenvalue weighted by Crippen LogP contribution is 2.21. The van der Waals surface area contributed by atoms with Crippen LogP contribution in [0.4, 0.5) is 5.00 Å². The van der Waals surface area contributed by atoms with Crippen molar-refractivity contribution in [1.82, 2.24) is 5.32 Å². The predicted octanol–water partition coefficient (Wildman–Crippen LogP) is 3.13. The molecule has 0 atom stereocenters. The van der Waals surface area contributed by atoms with Crippen LogP contribution < -0.4 is 15.4 Å². The van der Waals surface area contributed by atoms with E-state index in [0.717, 1.165) is 11.3 Å². The molecule has 2 rings (SSSR count). The fourth-order valence-electron chi connectivity index (χ4n) is 2.07. The SMILES string of the molecule is CC(=O)Nc1ccc(C(=O)NCCOc2ccc(C)cc2C)s1. The summed E-state index contributed by atoms with van der Waals surface area (Å²) in [7, 11) is 0. The Balaban J connectivity index is 1.78. The molecule has 0 aliphatic carbocycles. The van der Waals surface area contributed by atoms with Gasteiger partial charge in [-0.1, -0.05) is 17.7 Å². The first-order chi connectivity index (χ1) is 11.0. The molecule has 0 fully saturated rings. The second kappa shape index (κ2) is 7.78. The third kappa shape index (κ3) is 5.10. The summed E-state index contributed by atoms with van der Waals surface area (Å²) in [5.41, 5.74) is 2.27. The molecule has 122 valence electrons. The van der Waals surface area contributed by atoms with E-state index in [4.69, 9.17) is 4.74 Å². The highest BCUT2D eigenvalue weighted by molar-refractivity contribution is 7.18. The van der Waals surface area contributed by atoms with Crippen molar-refractivity contribution in [3.63, 3.8) is 0 Å². The van der Waals surface area contributed by atoms with Crippen molar-refractivity contribution in [3.05, 3.63) is 46.3 Å². The van der Waals surface area contributed by atoms with Crippen LogP contribution in [0.25, 0.3) is 0 Å². The number of hydrogen-bond donors (Lipinski definition) is 2. The first-order valence-corrected chi connectivity index (χ1v) is 8.13. The molecule has 23 heavy (non-hydrogen) atoms. The van der Waals surface area contributed by atoms with Crippen LogP contribution in [-0.2, 0) is 4.79 Å². The zero-order valence-corrected chi connectivity index (χ0v) is 14.3. The summed E-state index contributed by atoms with van der Waals surface area (Å²) in [5, 5.41) is 6.12. The molecule has 0 saturated carbocycles. The number of benzene rings is 1. The average Bonchev–Trinajstić information content (AvgIpc) is 2.93. The van der Waals surface area contributed by atoms with Crippen LogP contribution in [0.1, 0.15) is 27.7 Å². The zero-order chi connectivity index (χ0) is 16.8. The van der Waals surface area contributed by atoms with Crippen molar-refractivity contribution < 1.29 is 14.3 Å². The van der Waals surface area contributed by atoms with Crippen molar-refractivity contribution in [2.75, 3.05) is 18.5 Å². The second-order valence-electron chi connectivity index (χ2n) is 5.22. The highest BCUT2D eigenvalue weighted by Gasteiger charge is 2.09. The van der Waals surface area contributed by atoms with Crippen molar-refractivity contribution in [2.24, 2.45) is 0 Å². The minimum Gasteiger partial charge on any atom is -0.491 e. The Morgan fingerprint density at radius 2 is 1.96 bits per heavy atom. The van der Waals surface area contributed by atoms with Gasteiger partial charge in [-0.3, -0.25) is 9.59 Å². The maximum absolute atomic E-state index is 12.0. The Bertz CT molecular complexity index is 710. The van der Waals surface area contributed by atoms with Crippen LogP contribution in [0.3, 0.4) is 0 Å². The van der Waals surface area contributed by atoms with Crippen molar-refractivity contribution in [3.8, 4) is 5.75 Å². The fraction of sp³-hybridized carbons (Fsp3) is 0.294. The number of carbonyl (C=O) groups is 2. The maximum Gasteiger partial charge on any atom is 0.261 e. The van der Waals surface area contributed by atoms with Gasteiger partial charge in [0.1, 0.15) is 12.4 Å². The Kier molecular flexibility index (Phi) is 5.76. The Morgan fingerprint density at radius 1 is 1.17 bits per heavy atom. The average molecular weight is 332 g/mol. The van der Waals surface area contributed by atoms with E-state index in [2.05, 4.69) is 16.7 Å². The minimum absolute atomic E-state index is 0.152. The van der Waals surface area contributed by atoms with E-state index in [1.165, 1.54) is 23.8 Å². The van der Waals surface area contributed by atoms with Gasteiger partial charge in [0.15, 0.2) is 0 Å². The van der Waals surface area contributed by atoms with Crippen molar-refractivity contribution in [2.45, 2.75) is 20.8 Å². The van der Waals surface area contributed by atoms with E-state index in [0.29, 0.717) is 23.0 Å². The first-order valence-electron chi connectivity index (χ1n) is 7.31. The standard InChI is InChI=1S/C17H20N2O3S/c1-11-4-5-14(12(2)10-11)22-9-8-18-17(21)15-6-7-16(23-15)19-13(3)20/h4-7,10H,8-9H2,1-3H3,(H,18,21)(H,19,20). The lowest BCUT2D eigenvalue weighted by Crippen LogP contribution is -2.27. The van der Waals surface area contributed by atoms with E-state index in [-0.39, 0.29) is 11.8 Å². The lowest BCUT2D eigenvalue weighted by atomic mass is 10.1. The monoisotopic (exact) mass is 332 g/mol. The summed E-state index contributed by atoms with van der Waals surface area (Å²) in [6, 6.07) is 9.40. The lowest BCUT2D eigenvalue weighted by molar-refractivity contribution is -0.114. The van der Waals surface area contributed by atoms with Gasteiger partial charge in [-0.25, -0.2) is 0 Å². The topological polar surface area (TPSA) is 67.4 Å². The van der Waals surface area contributed by atoms with E-state index in [1.54, 1.807) is 12.1 Å². The number of hydrogen-bond acceptors (Lipinski definition) is 4. The third-order valence-electron chi connectivity index (χ3n) is 3.10. The van der Waals surface area contributed by atoms with Gasteiger partial charge >= 0.3 is 0 Å². The molecule has 6 heteroatoms. The molecule has 0 aliphatic rings. The Morgan fingerprint density at radius 3 is 2.65 bits per heavy atom. The number of amides is 2. The van der Waals surface area contributed by atoms with Crippen molar-refractivity contribution in [1.29, 1.82) is 0 Å². The Hall–Kier alpha value is -2.34. The number of rotatable bonds is 6. The predicted molar refractivity (Wildman–Crippen MR) is 92.4 cm³/mol. The Labute approximate surface area is 139 Å². The molecule has 0 radical (unpaired) electrons. The van der Waals surface area contributed by atoms with Gasteiger partial charge in [0.2, 0.25) is 5.91 Å². The van der Waals surface area contributed by atoms with Gasteiger partial charge in [0.05, 0.1) is 16.4 Å². The molecular formula is C17H20N2O3S. The highest BCUT2D eigenvalue weighted by atomic mass is 32.1. The van der Waals surface area contributed by atoms with Gasteiger partial charge in [0, 0.05) is 6.92 Å². The molecule has 0 aliphatic heterocycles. The van der Waals surface area contributed by atoms with Crippen LogP contribution >= 0.6 is 11.3 Å². The molecule has 1 heterocycles. The summed E-state index contributed by atoms with van der Waals surface area (Å²) in [6.07, 6.45) is 0. The molecule has 1 aromatic carbocycles. The van der Waals surface area contributed by atoms with Gasteiger partial charge in [-0.15, -0.1) is 11.3 Å². The summed E-state index contributed by atoms with van der Waals surface area (Å²) in [6.45, 7) is 6.28. The lowest BCUT2D eigenvalue weighted by Gasteiger charge is -2.10. The maximum atomic E-state index is 12.0. The molecule has 0 bridgehead atoms. The molecule has 2 aromatic rings. The summed E-state index contributed by atoms with van der Waals surface area (Å²) in [4.78, 5) is 23.5. The van der Waals surface area contributed by atoms with Crippen LogP contribution in [0.5, 0.6) is 5.75 Å². The van der Waals surface area contributed by atoms with E-state index in [9.17, 15) is 9.59 Å². The fourth-order valence-corrected chi connectivity index (χ4v) is 2.94.